The molecule has 0 spiro atoms. The van der Waals surface area contributed by atoms with Gasteiger partial charge in [0.05, 0.1) is 11.4 Å². The molecule has 0 unspecified atom stereocenters. The topological polar surface area (TPSA) is 105 Å². The van der Waals surface area contributed by atoms with E-state index in [-0.39, 0.29) is 23.8 Å². The highest BCUT2D eigenvalue weighted by Crippen LogP contribution is 2.25. The van der Waals surface area contributed by atoms with Crippen LogP contribution in [0.2, 0.25) is 0 Å². The van der Waals surface area contributed by atoms with Crippen LogP contribution in [-0.2, 0) is 14.8 Å². The van der Waals surface area contributed by atoms with Crippen molar-refractivity contribution in [1.29, 1.82) is 0 Å². The second kappa shape index (κ2) is 7.85. The van der Waals surface area contributed by atoms with Crippen LogP contribution >= 0.6 is 0 Å². The average Bonchev–Trinajstić information content (AvgIpc) is 3.05. The molecular formula is C18H20N4O4S. The number of hydrogen-bond acceptors (Lipinski definition) is 6. The van der Waals surface area contributed by atoms with E-state index in [1.807, 2.05) is 6.92 Å². The molecule has 0 aliphatic carbocycles. The zero-order chi connectivity index (χ0) is 19.4. The second-order valence-electron chi connectivity index (χ2n) is 6.06. The van der Waals surface area contributed by atoms with Crippen molar-refractivity contribution in [1.82, 2.24) is 14.4 Å². The van der Waals surface area contributed by atoms with Crippen molar-refractivity contribution in [2.75, 3.05) is 18.4 Å². The summed E-state index contributed by atoms with van der Waals surface area (Å²) in [5.41, 5.74) is 0. The van der Waals surface area contributed by atoms with Gasteiger partial charge in [0, 0.05) is 35.8 Å². The molecule has 3 rings (SSSR count). The van der Waals surface area contributed by atoms with Gasteiger partial charge in [0.1, 0.15) is 5.76 Å². The van der Waals surface area contributed by atoms with Crippen molar-refractivity contribution in [2.24, 2.45) is 0 Å². The molecule has 1 N–H and O–H groups in total. The standard InChI is InChI=1S/C18H20N4O4S/c1-3-9-22(12-18(23)20-17-10-13(2)26-21-17)27(24,25)16-6-4-5-14-11-19-8-7-15(14)16/h4-8,10-11H,3,9,12H2,1-2H3,(H,20,21,23). The lowest BCUT2D eigenvalue weighted by molar-refractivity contribution is -0.116. The molecule has 0 radical (unpaired) electrons. The van der Waals surface area contributed by atoms with Crippen molar-refractivity contribution in [3.05, 3.63) is 48.5 Å². The minimum Gasteiger partial charge on any atom is -0.360 e. The lowest BCUT2D eigenvalue weighted by Crippen LogP contribution is -2.38. The number of hydrogen-bond donors (Lipinski definition) is 1. The first-order valence-corrected chi connectivity index (χ1v) is 9.92. The number of pyridine rings is 1. The zero-order valence-corrected chi connectivity index (χ0v) is 15.9. The van der Waals surface area contributed by atoms with Gasteiger partial charge in [0.2, 0.25) is 15.9 Å². The number of sulfonamides is 1. The molecule has 1 aromatic carbocycles. The van der Waals surface area contributed by atoms with Crippen LogP contribution in [0.15, 0.2) is 52.1 Å². The smallest absolute Gasteiger partial charge is 0.244 e. The molecule has 1 amide bonds. The number of rotatable bonds is 7. The number of carbonyl (C=O) groups is 1. The highest BCUT2D eigenvalue weighted by Gasteiger charge is 2.27. The van der Waals surface area contributed by atoms with Gasteiger partial charge in [-0.25, -0.2) is 8.42 Å². The number of amides is 1. The van der Waals surface area contributed by atoms with Crippen LogP contribution < -0.4 is 5.32 Å². The van der Waals surface area contributed by atoms with Crippen molar-refractivity contribution >= 4 is 32.5 Å². The fourth-order valence-corrected chi connectivity index (χ4v) is 4.46. The number of nitrogens with one attached hydrogen (secondary N) is 1. The van der Waals surface area contributed by atoms with Crippen LogP contribution in [0.25, 0.3) is 10.8 Å². The van der Waals surface area contributed by atoms with Gasteiger partial charge < -0.3 is 9.84 Å². The highest BCUT2D eigenvalue weighted by molar-refractivity contribution is 7.89. The molecule has 27 heavy (non-hydrogen) atoms. The second-order valence-corrected chi connectivity index (χ2v) is 7.97. The Balaban J connectivity index is 1.89. The summed E-state index contributed by atoms with van der Waals surface area (Å²) in [6.45, 7) is 3.46. The van der Waals surface area contributed by atoms with E-state index in [0.29, 0.717) is 17.6 Å². The molecule has 2 aromatic heterocycles. The molecular weight excluding hydrogens is 368 g/mol. The number of benzene rings is 1. The third kappa shape index (κ3) is 4.15. The lowest BCUT2D eigenvalue weighted by atomic mass is 10.2. The highest BCUT2D eigenvalue weighted by atomic mass is 32.2. The minimum atomic E-state index is -3.87. The summed E-state index contributed by atoms with van der Waals surface area (Å²) >= 11 is 0. The number of aryl methyl sites for hydroxylation is 1. The zero-order valence-electron chi connectivity index (χ0n) is 15.0. The molecule has 142 valence electrons. The maximum Gasteiger partial charge on any atom is 0.244 e. The van der Waals surface area contributed by atoms with Crippen LogP contribution in [0, 0.1) is 6.92 Å². The van der Waals surface area contributed by atoms with Gasteiger partial charge in [-0.3, -0.25) is 9.78 Å². The number of fused-ring (bicyclic) bond motifs is 1. The Kier molecular flexibility index (Phi) is 5.52. The number of aromatic nitrogens is 2. The van der Waals surface area contributed by atoms with Crippen LogP contribution in [0.4, 0.5) is 5.82 Å². The summed E-state index contributed by atoms with van der Waals surface area (Å²) in [5, 5.41) is 7.53. The number of carbonyl (C=O) groups excluding carboxylic acids is 1. The quantitative estimate of drug-likeness (QED) is 0.667. The van der Waals surface area contributed by atoms with E-state index in [9.17, 15) is 13.2 Å². The monoisotopic (exact) mass is 388 g/mol. The summed E-state index contributed by atoms with van der Waals surface area (Å²) in [7, 11) is -3.87. The predicted octanol–water partition coefficient (Wildman–Crippen LogP) is 2.57. The Morgan fingerprint density at radius 3 is 2.81 bits per heavy atom. The molecule has 0 aliphatic rings. The van der Waals surface area contributed by atoms with E-state index in [1.54, 1.807) is 49.6 Å². The van der Waals surface area contributed by atoms with Crippen molar-refractivity contribution in [3.63, 3.8) is 0 Å². The fraction of sp³-hybridized carbons (Fsp3) is 0.278. The van der Waals surface area contributed by atoms with Gasteiger partial charge in [0.15, 0.2) is 5.82 Å². The van der Waals surface area contributed by atoms with Crippen molar-refractivity contribution in [2.45, 2.75) is 25.2 Å². The molecule has 2 heterocycles. The third-order valence-electron chi connectivity index (χ3n) is 3.95. The van der Waals surface area contributed by atoms with Crippen LogP contribution in [0.3, 0.4) is 0 Å². The summed E-state index contributed by atoms with van der Waals surface area (Å²) < 4.78 is 32.5. The molecule has 0 aliphatic heterocycles. The van der Waals surface area contributed by atoms with E-state index < -0.39 is 15.9 Å². The first-order chi connectivity index (χ1) is 12.9. The SMILES string of the molecule is CCCN(CC(=O)Nc1cc(C)on1)S(=O)(=O)c1cccc2cnccc12. The van der Waals surface area contributed by atoms with Crippen LogP contribution in [0.5, 0.6) is 0 Å². The van der Waals surface area contributed by atoms with Crippen molar-refractivity contribution < 1.29 is 17.7 Å². The normalized spacial score (nSPS) is 11.8. The maximum absolute atomic E-state index is 13.2. The molecule has 0 saturated carbocycles. The Bertz CT molecular complexity index is 1060. The molecule has 0 fully saturated rings. The van der Waals surface area contributed by atoms with Crippen molar-refractivity contribution in [3.8, 4) is 0 Å². The van der Waals surface area contributed by atoms with E-state index >= 15 is 0 Å². The summed E-state index contributed by atoms with van der Waals surface area (Å²) in [4.78, 5) is 16.5. The largest absolute Gasteiger partial charge is 0.360 e. The number of anilines is 1. The van der Waals surface area contributed by atoms with Gasteiger partial charge in [-0.05, 0) is 25.5 Å². The molecule has 0 bridgehead atoms. The maximum atomic E-state index is 13.2. The summed E-state index contributed by atoms with van der Waals surface area (Å²) in [5.74, 6) is 0.317. The predicted molar refractivity (Wildman–Crippen MR) is 101 cm³/mol. The van der Waals surface area contributed by atoms with Gasteiger partial charge in [-0.15, -0.1) is 0 Å². The average molecular weight is 388 g/mol. The summed E-state index contributed by atoms with van der Waals surface area (Å²) in [6.07, 6.45) is 3.73. The first-order valence-electron chi connectivity index (χ1n) is 8.48. The van der Waals surface area contributed by atoms with Gasteiger partial charge in [-0.2, -0.15) is 4.31 Å². The van der Waals surface area contributed by atoms with E-state index in [0.717, 1.165) is 5.39 Å². The van der Waals surface area contributed by atoms with E-state index in [2.05, 4.69) is 15.5 Å². The molecule has 0 saturated heterocycles. The number of nitrogens with zero attached hydrogens (tertiary/aromatic N) is 3. The third-order valence-corrected chi connectivity index (χ3v) is 5.85. The molecule has 8 nitrogen and oxygen atoms in total. The Morgan fingerprint density at radius 1 is 1.30 bits per heavy atom. The molecule has 9 heteroatoms. The Hall–Kier alpha value is -2.78. The van der Waals surface area contributed by atoms with Gasteiger partial charge in [-0.1, -0.05) is 24.2 Å². The molecule has 0 atom stereocenters. The summed E-state index contributed by atoms with van der Waals surface area (Å²) in [6, 6.07) is 8.22. The first kappa shape index (κ1) is 19.0. The fourth-order valence-electron chi connectivity index (χ4n) is 2.76. The lowest BCUT2D eigenvalue weighted by Gasteiger charge is -2.21. The van der Waals surface area contributed by atoms with E-state index in [1.165, 1.54) is 4.31 Å². The minimum absolute atomic E-state index is 0.154. The Morgan fingerprint density at radius 2 is 2.11 bits per heavy atom. The van der Waals surface area contributed by atoms with Gasteiger partial charge >= 0.3 is 0 Å². The molecule has 3 aromatic rings. The van der Waals surface area contributed by atoms with Crippen LogP contribution in [-0.4, -0.2) is 41.9 Å². The van der Waals surface area contributed by atoms with Gasteiger partial charge in [0.25, 0.3) is 0 Å². The Labute approximate surface area is 157 Å². The van der Waals surface area contributed by atoms with E-state index in [4.69, 9.17) is 4.52 Å². The van der Waals surface area contributed by atoms with Crippen LogP contribution in [0.1, 0.15) is 19.1 Å².